The van der Waals surface area contributed by atoms with Crippen molar-refractivity contribution < 1.29 is 9.21 Å². The maximum Gasteiger partial charge on any atom is 0.317 e. The molecule has 9 heteroatoms. The monoisotopic (exact) mass is 479 g/mol. The van der Waals surface area contributed by atoms with E-state index < -0.39 is 6.17 Å². The standard InChI is InChI=1S/C27H25N7O2/c35-25-24(30-23(18-9-3-1-4-10-18)19-11-5-6-12-21(19)29-25)31-27-33-32-26(36-27)20-17-28-14-13-22(20)34-15-7-2-8-16-34/h1,3-6,9-14,17,24H,2,7-8,15-16H2,(H,29,35)(H,31,33). The van der Waals surface area contributed by atoms with E-state index in [4.69, 9.17) is 9.41 Å². The van der Waals surface area contributed by atoms with E-state index in [9.17, 15) is 4.79 Å². The number of aliphatic imine (C=N–C) groups is 1. The Morgan fingerprint density at radius 1 is 0.917 bits per heavy atom. The normalized spacial score (nSPS) is 17.6. The van der Waals surface area contributed by atoms with E-state index in [1.807, 2.05) is 60.7 Å². The van der Waals surface area contributed by atoms with Crippen LogP contribution in [-0.4, -0.2) is 46.1 Å². The zero-order valence-corrected chi connectivity index (χ0v) is 19.6. The van der Waals surface area contributed by atoms with Gasteiger partial charge in [0.15, 0.2) is 0 Å². The van der Waals surface area contributed by atoms with Crippen LogP contribution in [0.4, 0.5) is 17.4 Å². The molecule has 9 nitrogen and oxygen atoms in total. The average molecular weight is 480 g/mol. The summed E-state index contributed by atoms with van der Waals surface area (Å²) in [5.41, 5.74) is 4.93. The van der Waals surface area contributed by atoms with E-state index >= 15 is 0 Å². The van der Waals surface area contributed by atoms with Gasteiger partial charge in [-0.15, -0.1) is 5.10 Å². The highest BCUT2D eigenvalue weighted by Gasteiger charge is 2.27. The molecule has 6 rings (SSSR count). The van der Waals surface area contributed by atoms with Gasteiger partial charge in [0.1, 0.15) is 0 Å². The fourth-order valence-electron chi connectivity index (χ4n) is 4.65. The highest BCUT2D eigenvalue weighted by Crippen LogP contribution is 2.32. The summed E-state index contributed by atoms with van der Waals surface area (Å²) in [7, 11) is 0. The zero-order chi connectivity index (χ0) is 24.3. The van der Waals surface area contributed by atoms with Crippen molar-refractivity contribution in [3.05, 3.63) is 84.2 Å². The Morgan fingerprint density at radius 2 is 1.72 bits per heavy atom. The van der Waals surface area contributed by atoms with Gasteiger partial charge in [0, 0.05) is 36.6 Å². The second-order valence-corrected chi connectivity index (χ2v) is 8.78. The van der Waals surface area contributed by atoms with Gasteiger partial charge in [-0.1, -0.05) is 53.6 Å². The maximum atomic E-state index is 13.1. The summed E-state index contributed by atoms with van der Waals surface area (Å²) in [5.74, 6) is 0.0271. The predicted octanol–water partition coefficient (Wildman–Crippen LogP) is 4.35. The van der Waals surface area contributed by atoms with Gasteiger partial charge in [-0.25, -0.2) is 4.99 Å². The lowest BCUT2D eigenvalue weighted by Gasteiger charge is -2.29. The number of carbonyl (C=O) groups excluding carboxylic acids is 1. The second kappa shape index (κ2) is 9.61. The van der Waals surface area contributed by atoms with E-state index in [0.717, 1.165) is 48.3 Å². The molecule has 2 aliphatic heterocycles. The lowest BCUT2D eigenvalue weighted by atomic mass is 10.0. The molecule has 180 valence electrons. The minimum Gasteiger partial charge on any atom is -0.403 e. The molecule has 4 heterocycles. The first-order valence-electron chi connectivity index (χ1n) is 12.1. The molecule has 2 aliphatic rings. The first-order chi connectivity index (χ1) is 17.8. The molecule has 4 aromatic rings. The number of benzodiazepines with no additional fused rings is 1. The van der Waals surface area contributed by atoms with Gasteiger partial charge in [0.2, 0.25) is 6.17 Å². The summed E-state index contributed by atoms with van der Waals surface area (Å²) >= 11 is 0. The molecule has 36 heavy (non-hydrogen) atoms. The molecule has 1 atom stereocenters. The van der Waals surface area contributed by atoms with Gasteiger partial charge < -0.3 is 20.0 Å². The van der Waals surface area contributed by atoms with Crippen molar-refractivity contribution >= 4 is 29.0 Å². The van der Waals surface area contributed by atoms with Crippen molar-refractivity contribution in [3.63, 3.8) is 0 Å². The third kappa shape index (κ3) is 4.31. The Hall–Kier alpha value is -4.53. The number of piperidine rings is 1. The van der Waals surface area contributed by atoms with Crippen LogP contribution >= 0.6 is 0 Å². The Bertz CT molecular complexity index is 1410. The molecule has 2 aromatic carbocycles. The number of aromatic nitrogens is 3. The highest BCUT2D eigenvalue weighted by molar-refractivity contribution is 6.19. The zero-order valence-electron chi connectivity index (χ0n) is 19.6. The second-order valence-electron chi connectivity index (χ2n) is 8.78. The molecule has 1 fully saturated rings. The first-order valence-corrected chi connectivity index (χ1v) is 12.1. The summed E-state index contributed by atoms with van der Waals surface area (Å²) in [4.78, 5) is 24.5. The van der Waals surface area contributed by atoms with Crippen molar-refractivity contribution in [2.75, 3.05) is 28.6 Å². The lowest BCUT2D eigenvalue weighted by molar-refractivity contribution is -0.116. The van der Waals surface area contributed by atoms with Crippen LogP contribution in [-0.2, 0) is 4.79 Å². The molecule has 2 N–H and O–H groups in total. The fraction of sp³-hybridized carbons (Fsp3) is 0.222. The van der Waals surface area contributed by atoms with Crippen molar-refractivity contribution in [1.82, 2.24) is 15.2 Å². The van der Waals surface area contributed by atoms with Crippen LogP contribution in [0.1, 0.15) is 30.4 Å². The van der Waals surface area contributed by atoms with Crippen LogP contribution in [0.25, 0.3) is 11.5 Å². The van der Waals surface area contributed by atoms with Gasteiger partial charge >= 0.3 is 6.01 Å². The Kier molecular flexibility index (Phi) is 5.87. The Labute approximate surface area is 208 Å². The van der Waals surface area contributed by atoms with Crippen LogP contribution in [0, 0.1) is 0 Å². The van der Waals surface area contributed by atoms with Crippen molar-refractivity contribution in [2.45, 2.75) is 25.4 Å². The molecule has 1 amide bonds. The number of hydrogen-bond acceptors (Lipinski definition) is 8. The number of amides is 1. The van der Waals surface area contributed by atoms with Gasteiger partial charge in [-0.05, 0) is 31.4 Å². The summed E-state index contributed by atoms with van der Waals surface area (Å²) in [5, 5.41) is 14.4. The third-order valence-electron chi connectivity index (χ3n) is 6.40. The summed E-state index contributed by atoms with van der Waals surface area (Å²) in [6.45, 7) is 1.96. The molecule has 0 saturated carbocycles. The Morgan fingerprint density at radius 3 is 2.58 bits per heavy atom. The molecular formula is C27H25N7O2. The molecule has 0 radical (unpaired) electrons. The third-order valence-corrected chi connectivity index (χ3v) is 6.40. The van der Waals surface area contributed by atoms with Crippen molar-refractivity contribution in [1.29, 1.82) is 0 Å². The number of nitrogens with zero attached hydrogens (tertiary/aromatic N) is 5. The fourth-order valence-corrected chi connectivity index (χ4v) is 4.65. The largest absolute Gasteiger partial charge is 0.403 e. The van der Waals surface area contributed by atoms with E-state index in [1.165, 1.54) is 6.42 Å². The molecular weight excluding hydrogens is 454 g/mol. The minimum absolute atomic E-state index is 0.112. The van der Waals surface area contributed by atoms with E-state index in [1.54, 1.807) is 12.4 Å². The lowest BCUT2D eigenvalue weighted by Crippen LogP contribution is -2.32. The highest BCUT2D eigenvalue weighted by atomic mass is 16.4. The summed E-state index contributed by atoms with van der Waals surface area (Å²) in [6.07, 6.45) is 6.10. The maximum absolute atomic E-state index is 13.1. The number of pyridine rings is 1. The van der Waals surface area contributed by atoms with E-state index in [0.29, 0.717) is 17.3 Å². The number of benzene rings is 2. The van der Waals surface area contributed by atoms with Gasteiger partial charge in [-0.3, -0.25) is 9.78 Å². The number of fused-ring (bicyclic) bond motifs is 1. The SMILES string of the molecule is O=C1Nc2ccccc2C(c2ccccc2)=NC1Nc1nnc(-c2cnccc2N2CCCCC2)o1. The number of nitrogens with one attached hydrogen (secondary N) is 2. The summed E-state index contributed by atoms with van der Waals surface area (Å²) in [6, 6.07) is 19.5. The number of rotatable bonds is 5. The predicted molar refractivity (Wildman–Crippen MR) is 138 cm³/mol. The van der Waals surface area contributed by atoms with Gasteiger partial charge in [0.25, 0.3) is 11.8 Å². The van der Waals surface area contributed by atoms with Crippen molar-refractivity contribution in [2.24, 2.45) is 4.99 Å². The molecule has 2 aromatic heterocycles. The van der Waals surface area contributed by atoms with E-state index in [2.05, 4.69) is 30.7 Å². The average Bonchev–Trinajstić information content (AvgIpc) is 3.35. The number of carbonyl (C=O) groups is 1. The Balaban J connectivity index is 1.32. The van der Waals surface area contributed by atoms with Crippen LogP contribution in [0.2, 0.25) is 0 Å². The topological polar surface area (TPSA) is 109 Å². The van der Waals surface area contributed by atoms with Crippen LogP contribution in [0.5, 0.6) is 0 Å². The molecule has 0 bridgehead atoms. The molecule has 0 spiro atoms. The van der Waals surface area contributed by atoms with Crippen LogP contribution in [0.15, 0.2) is 82.5 Å². The molecule has 1 unspecified atom stereocenters. The minimum atomic E-state index is -0.962. The smallest absolute Gasteiger partial charge is 0.317 e. The van der Waals surface area contributed by atoms with Crippen molar-refractivity contribution in [3.8, 4) is 11.5 Å². The van der Waals surface area contributed by atoms with E-state index in [-0.39, 0.29) is 11.9 Å². The quantitative estimate of drug-likeness (QED) is 0.438. The molecule has 0 aliphatic carbocycles. The first kappa shape index (κ1) is 22.0. The summed E-state index contributed by atoms with van der Waals surface area (Å²) < 4.78 is 5.96. The molecule has 1 saturated heterocycles. The van der Waals surface area contributed by atoms with Crippen LogP contribution in [0.3, 0.4) is 0 Å². The number of hydrogen-bond donors (Lipinski definition) is 2. The van der Waals surface area contributed by atoms with Crippen LogP contribution < -0.4 is 15.5 Å². The number of anilines is 3. The number of para-hydroxylation sites is 1. The van der Waals surface area contributed by atoms with Gasteiger partial charge in [-0.2, -0.15) is 0 Å². The van der Waals surface area contributed by atoms with Gasteiger partial charge in [0.05, 0.1) is 22.6 Å².